The van der Waals surface area contributed by atoms with E-state index in [0.717, 1.165) is 0 Å². The van der Waals surface area contributed by atoms with Crippen molar-refractivity contribution in [2.24, 2.45) is 0 Å². The maximum atomic E-state index is 11.6. The molecule has 0 saturated heterocycles. The highest BCUT2D eigenvalue weighted by molar-refractivity contribution is 6.63. The van der Waals surface area contributed by atoms with Gasteiger partial charge in [0.2, 0.25) is 5.24 Å². The summed E-state index contributed by atoms with van der Waals surface area (Å²) in [4.78, 5) is 11.6. The Morgan fingerprint density at radius 2 is 2.44 bits per heavy atom. The molecule has 0 aliphatic heterocycles. The van der Waals surface area contributed by atoms with Crippen LogP contribution in [0.4, 0.5) is 0 Å². The molecule has 0 aromatic heterocycles. The third-order valence-electron chi connectivity index (χ3n) is 1.74. The van der Waals surface area contributed by atoms with Crippen molar-refractivity contribution in [1.29, 1.82) is 0 Å². The average molecular weight is 246 g/mol. The fourth-order valence-electron chi connectivity index (χ4n) is 1.13. The minimum absolute atomic E-state index is 0.555. The van der Waals surface area contributed by atoms with E-state index in [-0.39, 0.29) is 0 Å². The first kappa shape index (κ1) is 3.74. The molecule has 16 heavy (non-hydrogen) atoms. The van der Waals surface area contributed by atoms with Crippen molar-refractivity contribution < 1.29 is 24.6 Å². The first-order chi connectivity index (χ1) is 12.1. The van der Waals surface area contributed by atoms with Gasteiger partial charge >= 0.3 is 0 Å². The number of methoxy groups -OCH3 is 1. The van der Waals surface area contributed by atoms with Gasteiger partial charge in [-0.05, 0) is 40.0 Å². The van der Waals surface area contributed by atoms with E-state index in [9.17, 15) is 4.79 Å². The van der Waals surface area contributed by atoms with Crippen LogP contribution < -0.4 is 4.74 Å². The first-order valence-electron chi connectivity index (χ1n) is 9.55. The molecule has 2 aromatic rings. The van der Waals surface area contributed by atoms with E-state index < -0.39 is 77.0 Å². The van der Waals surface area contributed by atoms with Gasteiger partial charge in [0.15, 0.2) is 0 Å². The molecule has 2 aromatic carbocycles. The molecule has 82 valence electrons. The Bertz CT molecular complexity index is 968. The number of fused-ring (bicyclic) bond motifs is 1. The van der Waals surface area contributed by atoms with E-state index in [2.05, 4.69) is 4.74 Å². The second-order valence-corrected chi connectivity index (χ2v) is 3.05. The van der Waals surface area contributed by atoms with Crippen LogP contribution >= 0.6 is 11.6 Å². The van der Waals surface area contributed by atoms with Crippen LogP contribution in [-0.4, -0.2) is 12.3 Å². The van der Waals surface area contributed by atoms with Gasteiger partial charge in [-0.15, -0.1) is 0 Å². The summed E-state index contributed by atoms with van der Waals surface area (Å²) in [7, 11) is -3.10. The van der Waals surface area contributed by atoms with E-state index in [1.165, 1.54) is 0 Å². The van der Waals surface area contributed by atoms with E-state index in [4.69, 9.17) is 26.7 Å². The zero-order valence-electron chi connectivity index (χ0n) is 18.7. The molecule has 2 nitrogen and oxygen atoms in total. The van der Waals surface area contributed by atoms with E-state index in [1.54, 1.807) is 0 Å². The maximum absolute atomic E-state index is 11.6. The van der Waals surface area contributed by atoms with E-state index in [1.807, 2.05) is 0 Å². The van der Waals surface area contributed by atoms with Gasteiger partial charge in [-0.1, -0.05) is 24.2 Å². The summed E-state index contributed by atoms with van der Waals surface area (Å²) in [6.45, 7) is 0. The standard InChI is InChI=1S/C13H11ClO2/c1-16-11-6-5-9-3-2-4-10(7-13(14)15)12(9)8-11/h2-6,8H,7H2,1H3/i1D3,2D,3D,4D,5D,6D,7D2,8D. The predicted octanol–water partition coefficient (Wildman–Crippen LogP) is 3.16. The van der Waals surface area contributed by atoms with Gasteiger partial charge in [-0.25, -0.2) is 0 Å². The highest BCUT2D eigenvalue weighted by Crippen LogP contribution is 2.24. The lowest BCUT2D eigenvalue weighted by Crippen LogP contribution is -1.94. The number of ether oxygens (including phenoxy) is 1. The number of hydrogen-bond acceptors (Lipinski definition) is 2. The summed E-state index contributed by atoms with van der Waals surface area (Å²) in [5, 5.41) is -2.78. The number of halogens is 1. The highest BCUT2D eigenvalue weighted by atomic mass is 35.5. The third kappa shape index (κ3) is 2.17. The van der Waals surface area contributed by atoms with Crippen LogP contribution in [0, 0.1) is 0 Å². The van der Waals surface area contributed by atoms with Crippen LogP contribution in [0.1, 0.15) is 20.6 Å². The molecule has 0 heterocycles. The fraction of sp³-hybridized carbons (Fsp3) is 0.154. The number of rotatable bonds is 3. The Balaban J connectivity index is 3.18. The van der Waals surface area contributed by atoms with Gasteiger partial charge in [0, 0.05) is 9.11 Å². The van der Waals surface area contributed by atoms with Crippen molar-refractivity contribution >= 4 is 27.6 Å². The fourth-order valence-corrected chi connectivity index (χ4v) is 1.23. The molecule has 0 radical (unpaired) electrons. The molecule has 0 atom stereocenters. The molecular weight excluding hydrogens is 224 g/mol. The number of carbonyl (C=O) groups excluding carboxylic acids is 1. The van der Waals surface area contributed by atoms with E-state index in [0.29, 0.717) is 0 Å². The van der Waals surface area contributed by atoms with Crippen LogP contribution in [0.3, 0.4) is 0 Å². The Morgan fingerprint density at radius 3 is 3.19 bits per heavy atom. The van der Waals surface area contributed by atoms with Gasteiger partial charge in [0.05, 0.1) is 19.4 Å². The Kier molecular flexibility index (Phi) is 1.06. The van der Waals surface area contributed by atoms with Crippen LogP contribution in [0.15, 0.2) is 36.3 Å². The van der Waals surface area contributed by atoms with Gasteiger partial charge in [-0.3, -0.25) is 4.79 Å². The quantitative estimate of drug-likeness (QED) is 0.777. The number of hydrogen-bond donors (Lipinski definition) is 0. The van der Waals surface area contributed by atoms with Gasteiger partial charge in [0.25, 0.3) is 0 Å². The third-order valence-corrected chi connectivity index (χ3v) is 1.83. The van der Waals surface area contributed by atoms with Crippen molar-refractivity contribution in [2.75, 3.05) is 7.04 Å². The minimum atomic E-state index is -3.10. The van der Waals surface area contributed by atoms with Crippen molar-refractivity contribution in [1.82, 2.24) is 0 Å². The molecule has 0 unspecified atom stereocenters. The molecule has 2 rings (SSSR count). The molecule has 0 saturated carbocycles. The Morgan fingerprint density at radius 1 is 1.56 bits per heavy atom. The summed E-state index contributed by atoms with van der Waals surface area (Å²) in [5.74, 6) is -0.900. The summed E-state index contributed by atoms with van der Waals surface area (Å²) in [5.41, 5.74) is -0.868. The molecular formula is C13H11ClO2. The second kappa shape index (κ2) is 4.54. The van der Waals surface area contributed by atoms with Crippen molar-refractivity contribution in [3.8, 4) is 5.75 Å². The average Bonchev–Trinajstić information content (AvgIpc) is 2.53. The molecule has 3 heteroatoms. The topological polar surface area (TPSA) is 26.3 Å². The smallest absolute Gasteiger partial charge is 0.226 e. The predicted molar refractivity (Wildman–Crippen MR) is 65.1 cm³/mol. The lowest BCUT2D eigenvalue weighted by molar-refractivity contribution is -0.111. The highest BCUT2D eigenvalue weighted by Gasteiger charge is 2.05. The summed E-state index contributed by atoms with van der Waals surface area (Å²) in [6, 6.07) is -5.08. The molecule has 0 amide bonds. The molecule has 0 spiro atoms. The Labute approximate surface area is 114 Å². The van der Waals surface area contributed by atoms with Crippen LogP contribution in [0.25, 0.3) is 10.8 Å². The summed E-state index contributed by atoms with van der Waals surface area (Å²) in [6.07, 6.45) is -3.08. The van der Waals surface area contributed by atoms with Crippen LogP contribution in [0.5, 0.6) is 5.75 Å². The molecule has 0 fully saturated rings. The SMILES string of the molecule is [2H]c1c([2H])c(C([2H])([2H])C(=O)Cl)c2c([2H])c(OC([2H])([2H])[2H])c([2H])c([2H])c2c1[2H]. The van der Waals surface area contributed by atoms with Gasteiger partial charge < -0.3 is 4.74 Å². The number of carbonyl (C=O) groups is 1. The minimum Gasteiger partial charge on any atom is -0.497 e. The molecule has 0 aliphatic carbocycles. The monoisotopic (exact) mass is 245 g/mol. The largest absolute Gasteiger partial charge is 0.497 e. The second-order valence-electron chi connectivity index (χ2n) is 2.70. The lowest BCUT2D eigenvalue weighted by Gasteiger charge is -2.06. The number of benzene rings is 2. The molecule has 0 aliphatic rings. The van der Waals surface area contributed by atoms with Crippen LogP contribution in [0.2, 0.25) is 0 Å². The first-order valence-corrected chi connectivity index (χ1v) is 4.43. The normalized spacial score (nSPS) is 21.9. The summed E-state index contributed by atoms with van der Waals surface area (Å²) >= 11 is 5.27. The zero-order chi connectivity index (χ0) is 21.1. The molecule has 0 bridgehead atoms. The maximum Gasteiger partial charge on any atom is 0.226 e. The van der Waals surface area contributed by atoms with E-state index >= 15 is 0 Å². The van der Waals surface area contributed by atoms with Gasteiger partial charge in [-0.2, -0.15) is 0 Å². The lowest BCUT2D eigenvalue weighted by atomic mass is 10.0. The Hall–Kier alpha value is -1.54. The van der Waals surface area contributed by atoms with Crippen LogP contribution in [-0.2, 0) is 11.2 Å². The van der Waals surface area contributed by atoms with Gasteiger partial charge in [0.1, 0.15) is 5.75 Å². The summed E-state index contributed by atoms with van der Waals surface area (Å²) < 4.78 is 89.4. The van der Waals surface area contributed by atoms with Crippen molar-refractivity contribution in [3.05, 3.63) is 41.8 Å². The molecule has 0 N–H and O–H groups in total. The van der Waals surface area contributed by atoms with Crippen molar-refractivity contribution in [2.45, 2.75) is 6.37 Å². The van der Waals surface area contributed by atoms with Crippen molar-refractivity contribution in [3.63, 3.8) is 0 Å². The zero-order valence-corrected chi connectivity index (χ0v) is 8.45.